The van der Waals surface area contributed by atoms with Crippen molar-refractivity contribution < 1.29 is 4.79 Å². The van der Waals surface area contributed by atoms with Crippen molar-refractivity contribution in [3.8, 4) is 0 Å². The lowest BCUT2D eigenvalue weighted by atomic mass is 10.2. The van der Waals surface area contributed by atoms with Gasteiger partial charge < -0.3 is 0 Å². The van der Waals surface area contributed by atoms with Gasteiger partial charge in [0.05, 0.1) is 11.9 Å². The van der Waals surface area contributed by atoms with Gasteiger partial charge in [0.25, 0.3) is 5.91 Å². The number of carbonyl (C=O) groups is 1. The van der Waals surface area contributed by atoms with E-state index < -0.39 is 0 Å². The number of carbonyl (C=O) groups excluding carboxylic acids is 1. The highest BCUT2D eigenvalue weighted by Gasteiger charge is 2.18. The van der Waals surface area contributed by atoms with Crippen LogP contribution in [-0.2, 0) is 13.0 Å². The van der Waals surface area contributed by atoms with Crippen molar-refractivity contribution in [2.24, 2.45) is 0 Å². The van der Waals surface area contributed by atoms with E-state index in [0.29, 0.717) is 5.95 Å². The van der Waals surface area contributed by atoms with Crippen LogP contribution in [-0.4, -0.2) is 30.6 Å². The van der Waals surface area contributed by atoms with Crippen molar-refractivity contribution in [1.82, 2.24) is 24.7 Å². The van der Waals surface area contributed by atoms with Gasteiger partial charge in [-0.2, -0.15) is 0 Å². The molecule has 1 amide bonds. The average molecular weight is 258 g/mol. The van der Waals surface area contributed by atoms with Crippen molar-refractivity contribution in [2.45, 2.75) is 32.7 Å². The highest BCUT2D eigenvalue weighted by atomic mass is 16.2. The molecule has 19 heavy (non-hydrogen) atoms. The summed E-state index contributed by atoms with van der Waals surface area (Å²) in [4.78, 5) is 20.1. The van der Waals surface area contributed by atoms with E-state index in [0.717, 1.165) is 37.3 Å². The van der Waals surface area contributed by atoms with Crippen LogP contribution >= 0.6 is 0 Å². The average Bonchev–Trinajstić information content (AvgIpc) is 2.83. The van der Waals surface area contributed by atoms with Crippen molar-refractivity contribution in [2.75, 3.05) is 5.32 Å². The van der Waals surface area contributed by atoms with Crippen LogP contribution in [0.1, 0.15) is 34.8 Å². The number of aryl methyl sites for hydroxylation is 2. The van der Waals surface area contributed by atoms with E-state index >= 15 is 0 Å². The normalized spacial score (nSPS) is 13.9. The van der Waals surface area contributed by atoms with Gasteiger partial charge in [-0.3, -0.25) is 19.7 Å². The summed E-state index contributed by atoms with van der Waals surface area (Å²) in [6.45, 7) is 2.67. The first-order chi connectivity index (χ1) is 9.24. The van der Waals surface area contributed by atoms with Gasteiger partial charge in [0.15, 0.2) is 0 Å². The van der Waals surface area contributed by atoms with Crippen LogP contribution in [0.3, 0.4) is 0 Å². The quantitative estimate of drug-likeness (QED) is 0.867. The highest BCUT2D eigenvalue weighted by molar-refractivity contribution is 6.01. The molecule has 0 atom stereocenters. The molecule has 98 valence electrons. The molecule has 3 rings (SSSR count). The third kappa shape index (κ3) is 2.31. The molecule has 0 spiro atoms. The molecule has 0 aliphatic carbocycles. The Kier molecular flexibility index (Phi) is 2.94. The van der Waals surface area contributed by atoms with Gasteiger partial charge in [-0.25, -0.2) is 4.98 Å². The van der Waals surface area contributed by atoms with Crippen LogP contribution in [0.15, 0.2) is 12.4 Å². The lowest BCUT2D eigenvalue weighted by Crippen LogP contribution is -2.19. The molecule has 2 aromatic heterocycles. The predicted molar refractivity (Wildman–Crippen MR) is 67.7 cm³/mol. The molecule has 0 saturated carbocycles. The minimum Gasteiger partial charge on any atom is -0.297 e. The smallest absolute Gasteiger partial charge is 0.278 e. The predicted octanol–water partition coefficient (Wildman–Crippen LogP) is 0.965. The number of nitrogens with one attached hydrogen (secondary N) is 1. The third-order valence-corrected chi connectivity index (χ3v) is 3.10. The summed E-state index contributed by atoms with van der Waals surface area (Å²) < 4.78 is 1.95. The van der Waals surface area contributed by atoms with E-state index in [9.17, 15) is 4.79 Å². The molecule has 2 aromatic rings. The van der Waals surface area contributed by atoms with Crippen molar-refractivity contribution >= 4 is 11.9 Å². The first kappa shape index (κ1) is 11.8. The monoisotopic (exact) mass is 258 g/mol. The second-order valence-corrected chi connectivity index (χ2v) is 4.55. The molecule has 7 heteroatoms. The summed E-state index contributed by atoms with van der Waals surface area (Å²) in [5.41, 5.74) is 1.05. The zero-order valence-electron chi connectivity index (χ0n) is 10.6. The van der Waals surface area contributed by atoms with Gasteiger partial charge in [0.1, 0.15) is 11.5 Å². The maximum absolute atomic E-state index is 12.0. The SMILES string of the molecule is Cc1cnc(C(=O)Nc2nnc3n2CCCC3)cn1. The lowest BCUT2D eigenvalue weighted by molar-refractivity contribution is 0.102. The number of fused-ring (bicyclic) bond motifs is 1. The van der Waals surface area contributed by atoms with Crippen molar-refractivity contribution in [3.63, 3.8) is 0 Å². The summed E-state index contributed by atoms with van der Waals surface area (Å²) in [6, 6.07) is 0. The number of hydrogen-bond acceptors (Lipinski definition) is 5. The van der Waals surface area contributed by atoms with E-state index in [-0.39, 0.29) is 11.6 Å². The molecule has 3 heterocycles. The summed E-state index contributed by atoms with van der Waals surface area (Å²) in [5, 5.41) is 10.8. The first-order valence-corrected chi connectivity index (χ1v) is 6.26. The molecule has 0 bridgehead atoms. The molecule has 1 N–H and O–H groups in total. The molecule has 0 aromatic carbocycles. The fourth-order valence-corrected chi connectivity index (χ4v) is 2.08. The standard InChI is InChI=1S/C12H14N6O/c1-8-6-14-9(7-13-8)11(19)15-12-17-16-10-4-2-3-5-18(10)12/h6-7H,2-5H2,1H3,(H,15,17,19). The summed E-state index contributed by atoms with van der Waals surface area (Å²) in [6.07, 6.45) is 6.13. The minimum absolute atomic E-state index is 0.277. The molecule has 0 unspecified atom stereocenters. The topological polar surface area (TPSA) is 85.6 Å². The maximum atomic E-state index is 12.0. The van der Waals surface area contributed by atoms with Crippen molar-refractivity contribution in [3.05, 3.63) is 29.6 Å². The van der Waals surface area contributed by atoms with Crippen LogP contribution in [0, 0.1) is 6.92 Å². The maximum Gasteiger partial charge on any atom is 0.278 e. The second-order valence-electron chi connectivity index (χ2n) is 4.55. The Balaban J connectivity index is 1.79. The molecule has 1 aliphatic heterocycles. The van der Waals surface area contributed by atoms with E-state index in [2.05, 4.69) is 25.5 Å². The fraction of sp³-hybridized carbons (Fsp3) is 0.417. The number of hydrogen-bond donors (Lipinski definition) is 1. The molecule has 1 aliphatic rings. The number of anilines is 1. The largest absolute Gasteiger partial charge is 0.297 e. The number of aromatic nitrogens is 5. The Hall–Kier alpha value is -2.31. The Labute approximate surface area is 110 Å². The van der Waals surface area contributed by atoms with Crippen LogP contribution in [0.4, 0.5) is 5.95 Å². The molecular weight excluding hydrogens is 244 g/mol. The van der Waals surface area contributed by atoms with Gasteiger partial charge in [0.2, 0.25) is 5.95 Å². The number of rotatable bonds is 2. The Morgan fingerprint density at radius 1 is 1.26 bits per heavy atom. The van der Waals surface area contributed by atoms with Crippen molar-refractivity contribution in [1.29, 1.82) is 0 Å². The zero-order chi connectivity index (χ0) is 13.2. The van der Waals surface area contributed by atoms with E-state index in [4.69, 9.17) is 0 Å². The molecule has 7 nitrogen and oxygen atoms in total. The molecule has 0 radical (unpaired) electrons. The Bertz CT molecular complexity index is 603. The van der Waals surface area contributed by atoms with Crippen LogP contribution < -0.4 is 5.32 Å². The number of amides is 1. The lowest BCUT2D eigenvalue weighted by Gasteiger charge is -2.14. The van der Waals surface area contributed by atoms with E-state index in [1.165, 1.54) is 6.20 Å². The second kappa shape index (κ2) is 4.75. The summed E-state index contributed by atoms with van der Waals surface area (Å²) in [7, 11) is 0. The van der Waals surface area contributed by atoms with Gasteiger partial charge in [0, 0.05) is 19.2 Å². The Morgan fingerprint density at radius 3 is 2.95 bits per heavy atom. The fourth-order valence-electron chi connectivity index (χ4n) is 2.08. The van der Waals surface area contributed by atoms with Gasteiger partial charge in [-0.05, 0) is 19.8 Å². The van der Waals surface area contributed by atoms with Gasteiger partial charge in [-0.1, -0.05) is 0 Å². The molecule has 0 saturated heterocycles. The van der Waals surface area contributed by atoms with Crippen LogP contribution in [0.5, 0.6) is 0 Å². The number of nitrogens with zero attached hydrogens (tertiary/aromatic N) is 5. The Morgan fingerprint density at radius 2 is 2.16 bits per heavy atom. The zero-order valence-corrected chi connectivity index (χ0v) is 10.6. The van der Waals surface area contributed by atoms with Crippen LogP contribution in [0.25, 0.3) is 0 Å². The van der Waals surface area contributed by atoms with Gasteiger partial charge >= 0.3 is 0 Å². The third-order valence-electron chi connectivity index (χ3n) is 3.10. The minimum atomic E-state index is -0.312. The molecular formula is C12H14N6O. The summed E-state index contributed by atoms with van der Waals surface area (Å²) >= 11 is 0. The van der Waals surface area contributed by atoms with E-state index in [1.807, 2.05) is 11.5 Å². The summed E-state index contributed by atoms with van der Waals surface area (Å²) in [5.74, 6) is 1.10. The highest BCUT2D eigenvalue weighted by Crippen LogP contribution is 2.17. The van der Waals surface area contributed by atoms with Gasteiger partial charge in [-0.15, -0.1) is 10.2 Å². The molecule has 0 fully saturated rings. The van der Waals surface area contributed by atoms with Crippen LogP contribution in [0.2, 0.25) is 0 Å². The van der Waals surface area contributed by atoms with E-state index in [1.54, 1.807) is 6.20 Å². The first-order valence-electron chi connectivity index (χ1n) is 6.26.